The molecule has 1 saturated carbocycles. The number of amides is 1. The average molecular weight is 363 g/mol. The molecule has 1 fully saturated rings. The van der Waals surface area contributed by atoms with Crippen LogP contribution >= 0.6 is 0 Å². The molecule has 136 valence electrons. The monoisotopic (exact) mass is 363 g/mol. The summed E-state index contributed by atoms with van der Waals surface area (Å²) in [7, 11) is -3.58. The Morgan fingerprint density at radius 2 is 1.96 bits per heavy atom. The Kier molecular flexibility index (Phi) is 5.13. The maximum atomic E-state index is 12.9. The third kappa shape index (κ3) is 3.56. The van der Waals surface area contributed by atoms with Gasteiger partial charge >= 0.3 is 0 Å². The van der Waals surface area contributed by atoms with Gasteiger partial charge in [-0.3, -0.25) is 14.5 Å². The van der Waals surface area contributed by atoms with E-state index < -0.39 is 16.1 Å². The average Bonchev–Trinajstić information content (AvgIpc) is 2.87. The summed E-state index contributed by atoms with van der Waals surface area (Å²) in [5.41, 5.74) is 0.530. The number of aliphatic imine (C=N–C) groups is 1. The van der Waals surface area contributed by atoms with Gasteiger partial charge in [0, 0.05) is 18.2 Å². The second-order valence-corrected chi connectivity index (χ2v) is 8.32. The van der Waals surface area contributed by atoms with Crippen molar-refractivity contribution in [2.45, 2.75) is 62.9 Å². The number of hydrogen-bond donors (Lipinski definition) is 1. The zero-order valence-corrected chi connectivity index (χ0v) is 15.6. The van der Waals surface area contributed by atoms with E-state index in [0.29, 0.717) is 12.1 Å². The number of hydrogen-bond acceptors (Lipinski definition) is 4. The topological polar surface area (TPSA) is 78.8 Å². The van der Waals surface area contributed by atoms with Gasteiger partial charge in [0.15, 0.2) is 0 Å². The number of nitrogens with zero attached hydrogens (tertiary/aromatic N) is 2. The Bertz CT molecular complexity index is 783. The first-order valence-electron chi connectivity index (χ1n) is 8.94. The van der Waals surface area contributed by atoms with E-state index >= 15 is 0 Å². The van der Waals surface area contributed by atoms with Gasteiger partial charge in [-0.25, -0.2) is 8.42 Å². The molecule has 0 radical (unpaired) electrons. The molecule has 3 rings (SSSR count). The van der Waals surface area contributed by atoms with Crippen LogP contribution in [0.3, 0.4) is 0 Å². The van der Waals surface area contributed by atoms with Crippen molar-refractivity contribution in [1.29, 1.82) is 0 Å². The van der Waals surface area contributed by atoms with Crippen LogP contribution in [0.15, 0.2) is 34.2 Å². The minimum absolute atomic E-state index is 0.0366. The molecule has 7 heteroatoms. The summed E-state index contributed by atoms with van der Waals surface area (Å²) < 4.78 is 26.8. The second-order valence-electron chi connectivity index (χ2n) is 6.67. The molecule has 1 aromatic carbocycles. The number of benzene rings is 1. The molecule has 1 aliphatic carbocycles. The Balaban J connectivity index is 1.82. The van der Waals surface area contributed by atoms with Gasteiger partial charge in [0.1, 0.15) is 11.9 Å². The molecule has 1 N–H and O–H groups in total. The quantitative estimate of drug-likeness (QED) is 0.891. The lowest BCUT2D eigenvalue weighted by molar-refractivity contribution is -0.134. The fourth-order valence-corrected chi connectivity index (χ4v) is 4.94. The van der Waals surface area contributed by atoms with E-state index in [2.05, 4.69) is 9.71 Å². The van der Waals surface area contributed by atoms with E-state index in [1.54, 1.807) is 31.2 Å². The molecule has 6 nitrogen and oxygen atoms in total. The summed E-state index contributed by atoms with van der Waals surface area (Å²) in [6.45, 7) is 4.37. The standard InChI is InChI=1S/C18H25N3O3S/c1-3-21(14-9-5-4-6-10-14)18(22)13(2)19-17-15-11-7-8-12-16(15)25(23,24)20-17/h7-8,11-14H,3-6,9-10H2,1-2H3,(H,19,20)/t13-/m0/s1. The Hall–Kier alpha value is -1.89. The molecule has 0 spiro atoms. The van der Waals surface area contributed by atoms with Crippen molar-refractivity contribution < 1.29 is 13.2 Å². The summed E-state index contributed by atoms with van der Waals surface area (Å²) >= 11 is 0. The molecule has 0 aromatic heterocycles. The SMILES string of the molecule is CCN(C(=O)[C@H](C)N=C1NS(=O)(=O)c2ccccc21)C1CCCCC1. The van der Waals surface area contributed by atoms with Gasteiger partial charge in [0.2, 0.25) is 5.91 Å². The lowest BCUT2D eigenvalue weighted by Crippen LogP contribution is -2.45. The number of nitrogens with one attached hydrogen (secondary N) is 1. The number of likely N-dealkylation sites (N-methyl/N-ethyl adjacent to an activating group) is 1. The molecule has 1 aromatic rings. The Labute approximate surface area is 149 Å². The molecule has 1 atom stereocenters. The third-order valence-corrected chi connectivity index (χ3v) is 6.38. The predicted octanol–water partition coefficient (Wildman–Crippen LogP) is 2.29. The zero-order chi connectivity index (χ0) is 18.0. The number of fused-ring (bicyclic) bond motifs is 1. The molecule has 1 amide bonds. The van der Waals surface area contributed by atoms with Gasteiger partial charge in [-0.1, -0.05) is 31.4 Å². The van der Waals surface area contributed by atoms with Gasteiger partial charge in [0.05, 0.1) is 4.90 Å². The van der Waals surface area contributed by atoms with E-state index in [-0.39, 0.29) is 22.7 Å². The van der Waals surface area contributed by atoms with E-state index in [4.69, 9.17) is 0 Å². The minimum Gasteiger partial charge on any atom is -0.338 e. The molecule has 0 unspecified atom stereocenters. The van der Waals surface area contributed by atoms with Crippen molar-refractivity contribution in [2.75, 3.05) is 6.54 Å². The molecule has 0 saturated heterocycles. The summed E-state index contributed by atoms with van der Waals surface area (Å²) in [5.74, 6) is 0.224. The fraction of sp³-hybridized carbons (Fsp3) is 0.556. The number of carbonyl (C=O) groups excluding carboxylic acids is 1. The highest BCUT2D eigenvalue weighted by Crippen LogP contribution is 2.25. The van der Waals surface area contributed by atoms with Crippen LogP contribution in [0.2, 0.25) is 0 Å². The highest BCUT2D eigenvalue weighted by Gasteiger charge is 2.32. The first kappa shape index (κ1) is 17.9. The first-order chi connectivity index (χ1) is 11.9. The second kappa shape index (κ2) is 7.15. The van der Waals surface area contributed by atoms with Crippen molar-refractivity contribution in [3.63, 3.8) is 0 Å². The Morgan fingerprint density at radius 3 is 2.64 bits per heavy atom. The molecule has 1 heterocycles. The summed E-state index contributed by atoms with van der Waals surface area (Å²) in [5, 5.41) is 0. The smallest absolute Gasteiger partial charge is 0.263 e. The summed E-state index contributed by atoms with van der Waals surface area (Å²) in [4.78, 5) is 19.4. The van der Waals surface area contributed by atoms with Crippen LogP contribution in [0.5, 0.6) is 0 Å². The third-order valence-electron chi connectivity index (χ3n) is 4.98. The summed E-state index contributed by atoms with van der Waals surface area (Å²) in [6, 6.07) is 6.36. The van der Waals surface area contributed by atoms with Crippen LogP contribution in [0.1, 0.15) is 51.5 Å². The van der Waals surface area contributed by atoms with Gasteiger partial charge in [-0.2, -0.15) is 0 Å². The highest BCUT2D eigenvalue weighted by atomic mass is 32.2. The zero-order valence-electron chi connectivity index (χ0n) is 14.7. The molecular weight excluding hydrogens is 338 g/mol. The van der Waals surface area contributed by atoms with Crippen molar-refractivity contribution in [3.8, 4) is 0 Å². The maximum absolute atomic E-state index is 12.9. The van der Waals surface area contributed by atoms with Crippen molar-refractivity contribution in [2.24, 2.45) is 4.99 Å². The summed E-state index contributed by atoms with van der Waals surface area (Å²) in [6.07, 6.45) is 5.63. The van der Waals surface area contributed by atoms with Crippen LogP contribution in [-0.2, 0) is 14.8 Å². The van der Waals surface area contributed by atoms with Gasteiger partial charge in [-0.15, -0.1) is 0 Å². The highest BCUT2D eigenvalue weighted by molar-refractivity contribution is 7.90. The number of amidine groups is 1. The van der Waals surface area contributed by atoms with Crippen LogP contribution in [-0.4, -0.2) is 43.7 Å². The van der Waals surface area contributed by atoms with E-state index in [0.717, 1.165) is 25.7 Å². The van der Waals surface area contributed by atoms with Crippen LogP contribution in [0.4, 0.5) is 0 Å². The molecular formula is C18H25N3O3S. The number of rotatable bonds is 4. The largest absolute Gasteiger partial charge is 0.338 e. The van der Waals surface area contributed by atoms with Crippen molar-refractivity contribution in [1.82, 2.24) is 9.62 Å². The fourth-order valence-electron chi connectivity index (χ4n) is 3.71. The lowest BCUT2D eigenvalue weighted by atomic mass is 9.94. The number of sulfonamides is 1. The van der Waals surface area contributed by atoms with Gasteiger partial charge in [-0.05, 0) is 38.8 Å². The first-order valence-corrected chi connectivity index (χ1v) is 10.4. The van der Waals surface area contributed by atoms with Gasteiger partial charge < -0.3 is 4.90 Å². The van der Waals surface area contributed by atoms with Crippen molar-refractivity contribution >= 4 is 21.8 Å². The predicted molar refractivity (Wildman–Crippen MR) is 97.0 cm³/mol. The van der Waals surface area contributed by atoms with Crippen LogP contribution in [0, 0.1) is 0 Å². The van der Waals surface area contributed by atoms with Crippen LogP contribution < -0.4 is 4.72 Å². The van der Waals surface area contributed by atoms with E-state index in [9.17, 15) is 13.2 Å². The maximum Gasteiger partial charge on any atom is 0.263 e. The van der Waals surface area contributed by atoms with Crippen LogP contribution in [0.25, 0.3) is 0 Å². The van der Waals surface area contributed by atoms with Gasteiger partial charge in [0.25, 0.3) is 10.0 Å². The minimum atomic E-state index is -3.58. The lowest BCUT2D eigenvalue weighted by Gasteiger charge is -2.34. The Morgan fingerprint density at radius 1 is 1.28 bits per heavy atom. The van der Waals surface area contributed by atoms with E-state index in [1.165, 1.54) is 6.42 Å². The molecule has 2 aliphatic rings. The molecule has 1 aliphatic heterocycles. The molecule has 0 bridgehead atoms. The van der Waals surface area contributed by atoms with Crippen molar-refractivity contribution in [3.05, 3.63) is 29.8 Å². The van der Waals surface area contributed by atoms with E-state index in [1.807, 2.05) is 11.8 Å². The number of carbonyl (C=O) groups is 1. The normalized spacial score (nSPS) is 22.2. The molecule has 25 heavy (non-hydrogen) atoms.